The highest BCUT2D eigenvalue weighted by Gasteiger charge is 2.26. The summed E-state index contributed by atoms with van der Waals surface area (Å²) in [5, 5.41) is 6.42. The number of hydrogen-bond acceptors (Lipinski definition) is 8. The lowest BCUT2D eigenvalue weighted by Gasteiger charge is -2.30. The van der Waals surface area contributed by atoms with Crippen molar-refractivity contribution < 1.29 is 8.42 Å². The van der Waals surface area contributed by atoms with Crippen molar-refractivity contribution in [2.24, 2.45) is 0 Å². The number of aromatic nitrogens is 4. The summed E-state index contributed by atoms with van der Waals surface area (Å²) in [4.78, 5) is 35.7. The van der Waals surface area contributed by atoms with E-state index in [1.807, 2.05) is 0 Å². The first-order chi connectivity index (χ1) is 13.3. The molecule has 2 aromatic heterocycles. The van der Waals surface area contributed by atoms with Crippen LogP contribution in [0.25, 0.3) is 11.2 Å². The Bertz CT molecular complexity index is 1100. The lowest BCUT2D eigenvalue weighted by Crippen LogP contribution is -2.42. The van der Waals surface area contributed by atoms with Crippen LogP contribution >= 0.6 is 0 Å². The van der Waals surface area contributed by atoms with Crippen molar-refractivity contribution in [2.75, 3.05) is 37.8 Å². The molecule has 11 nitrogen and oxygen atoms in total. The third kappa shape index (κ3) is 3.66. The molecule has 4 rings (SSSR count). The van der Waals surface area contributed by atoms with Gasteiger partial charge in [0.05, 0.1) is 18.5 Å². The monoisotopic (exact) mass is 409 g/mol. The quantitative estimate of drug-likeness (QED) is 0.538. The van der Waals surface area contributed by atoms with Gasteiger partial charge in [-0.25, -0.2) is 17.7 Å². The maximum atomic E-state index is 12.4. The molecule has 12 heteroatoms. The van der Waals surface area contributed by atoms with Gasteiger partial charge >= 0.3 is 11.1 Å². The molecular formula is C16H23N7O4S. The summed E-state index contributed by atoms with van der Waals surface area (Å²) in [6.07, 6.45) is 4.73. The number of nitrogens with zero attached hydrogens (tertiary/aromatic N) is 4. The topological polar surface area (TPSA) is 142 Å². The second-order valence-electron chi connectivity index (χ2n) is 7.29. The normalized spacial score (nSPS) is 22.0. The Labute approximate surface area is 161 Å². The van der Waals surface area contributed by atoms with Gasteiger partial charge in [0.15, 0.2) is 5.65 Å². The zero-order chi connectivity index (χ0) is 19.9. The summed E-state index contributed by atoms with van der Waals surface area (Å²) in [6, 6.07) is -0.0930. The van der Waals surface area contributed by atoms with E-state index in [-0.39, 0.29) is 12.1 Å². The van der Waals surface area contributed by atoms with Crippen LogP contribution in [0.4, 0.5) is 5.95 Å². The van der Waals surface area contributed by atoms with E-state index in [2.05, 4.69) is 25.6 Å². The van der Waals surface area contributed by atoms with Crippen molar-refractivity contribution in [2.45, 2.75) is 31.3 Å². The Balaban J connectivity index is 1.61. The molecule has 1 atom stereocenters. The molecule has 2 aliphatic heterocycles. The molecule has 4 heterocycles. The lowest BCUT2D eigenvalue weighted by molar-refractivity contribution is 0.331. The van der Waals surface area contributed by atoms with Gasteiger partial charge in [0, 0.05) is 25.7 Å². The van der Waals surface area contributed by atoms with Crippen molar-refractivity contribution in [3.05, 3.63) is 26.9 Å². The van der Waals surface area contributed by atoms with Gasteiger partial charge in [-0.15, -0.1) is 0 Å². The standard InChI is InChI=1S/C16H23N7O4S/c1-28(26,27)22-6-3-10(4-7-22)19-16-18-9-12-13(21-16)23(11-2-5-17-8-11)15(25)14(24)20-12/h9-11,17H,2-8H2,1H3,(H,20,24)(H,18,19,21). The Morgan fingerprint density at radius 3 is 2.61 bits per heavy atom. The molecule has 0 aliphatic carbocycles. The first-order valence-corrected chi connectivity index (χ1v) is 11.1. The van der Waals surface area contributed by atoms with E-state index in [0.29, 0.717) is 49.6 Å². The molecule has 2 saturated heterocycles. The van der Waals surface area contributed by atoms with Crippen molar-refractivity contribution in [1.82, 2.24) is 29.1 Å². The number of piperidine rings is 1. The number of fused-ring (bicyclic) bond motifs is 1. The average Bonchev–Trinajstić information content (AvgIpc) is 3.17. The van der Waals surface area contributed by atoms with Crippen LogP contribution in [0, 0.1) is 0 Å². The summed E-state index contributed by atoms with van der Waals surface area (Å²) in [5.41, 5.74) is -0.498. The van der Waals surface area contributed by atoms with Crippen LogP contribution in [0.15, 0.2) is 15.8 Å². The minimum Gasteiger partial charge on any atom is -0.351 e. The molecule has 0 bridgehead atoms. The fourth-order valence-corrected chi connectivity index (χ4v) is 4.68. The minimum atomic E-state index is -3.18. The number of sulfonamides is 1. The Morgan fingerprint density at radius 1 is 1.21 bits per heavy atom. The number of nitrogens with one attached hydrogen (secondary N) is 3. The van der Waals surface area contributed by atoms with Gasteiger partial charge in [-0.2, -0.15) is 4.98 Å². The van der Waals surface area contributed by atoms with Crippen molar-refractivity contribution >= 4 is 27.1 Å². The first-order valence-electron chi connectivity index (χ1n) is 9.27. The molecular weight excluding hydrogens is 386 g/mol. The zero-order valence-electron chi connectivity index (χ0n) is 15.5. The summed E-state index contributed by atoms with van der Waals surface area (Å²) < 4.78 is 26.2. The Kier molecular flexibility index (Phi) is 4.93. The third-order valence-corrected chi connectivity index (χ3v) is 6.62. The predicted molar refractivity (Wildman–Crippen MR) is 104 cm³/mol. The van der Waals surface area contributed by atoms with E-state index in [0.717, 1.165) is 13.0 Å². The van der Waals surface area contributed by atoms with Gasteiger partial charge in [0.1, 0.15) is 5.52 Å². The van der Waals surface area contributed by atoms with Crippen LogP contribution in [0.3, 0.4) is 0 Å². The molecule has 152 valence electrons. The Hall–Kier alpha value is -2.31. The molecule has 28 heavy (non-hydrogen) atoms. The Morgan fingerprint density at radius 2 is 1.96 bits per heavy atom. The van der Waals surface area contributed by atoms with Crippen molar-refractivity contribution in [1.29, 1.82) is 0 Å². The largest absolute Gasteiger partial charge is 0.351 e. The van der Waals surface area contributed by atoms with Gasteiger partial charge in [-0.1, -0.05) is 0 Å². The second-order valence-corrected chi connectivity index (χ2v) is 9.27. The minimum absolute atomic E-state index is 0.0338. The summed E-state index contributed by atoms with van der Waals surface area (Å²) in [7, 11) is -3.18. The maximum absolute atomic E-state index is 12.4. The molecule has 3 N–H and O–H groups in total. The third-order valence-electron chi connectivity index (χ3n) is 5.31. The van der Waals surface area contributed by atoms with E-state index in [9.17, 15) is 18.0 Å². The van der Waals surface area contributed by atoms with E-state index in [1.165, 1.54) is 21.3 Å². The van der Waals surface area contributed by atoms with E-state index in [4.69, 9.17) is 0 Å². The van der Waals surface area contributed by atoms with Gasteiger partial charge in [-0.3, -0.25) is 14.2 Å². The molecule has 2 fully saturated rings. The van der Waals surface area contributed by atoms with Crippen LogP contribution in [-0.4, -0.2) is 70.7 Å². The second kappa shape index (κ2) is 7.26. The highest BCUT2D eigenvalue weighted by molar-refractivity contribution is 7.88. The van der Waals surface area contributed by atoms with Gasteiger partial charge in [0.2, 0.25) is 16.0 Å². The average molecular weight is 409 g/mol. The van der Waals surface area contributed by atoms with E-state index >= 15 is 0 Å². The number of hydrogen-bond donors (Lipinski definition) is 3. The molecule has 2 aliphatic rings. The summed E-state index contributed by atoms with van der Waals surface area (Å²) in [6.45, 7) is 2.27. The highest BCUT2D eigenvalue weighted by atomic mass is 32.2. The van der Waals surface area contributed by atoms with Gasteiger partial charge < -0.3 is 15.6 Å². The molecule has 0 saturated carbocycles. The number of anilines is 1. The highest BCUT2D eigenvalue weighted by Crippen LogP contribution is 2.19. The van der Waals surface area contributed by atoms with Gasteiger partial charge in [0.25, 0.3) is 0 Å². The van der Waals surface area contributed by atoms with E-state index < -0.39 is 21.1 Å². The predicted octanol–water partition coefficient (Wildman–Crippen LogP) is -1.15. The summed E-state index contributed by atoms with van der Waals surface area (Å²) >= 11 is 0. The molecule has 0 amide bonds. The lowest BCUT2D eigenvalue weighted by atomic mass is 10.1. The molecule has 0 aromatic carbocycles. The van der Waals surface area contributed by atoms with Crippen LogP contribution in [0.1, 0.15) is 25.3 Å². The molecule has 1 unspecified atom stereocenters. The molecule has 0 spiro atoms. The van der Waals surface area contributed by atoms with Gasteiger partial charge in [-0.05, 0) is 25.8 Å². The number of H-pyrrole nitrogens is 1. The van der Waals surface area contributed by atoms with Crippen LogP contribution in [0.2, 0.25) is 0 Å². The van der Waals surface area contributed by atoms with E-state index in [1.54, 1.807) is 0 Å². The van der Waals surface area contributed by atoms with Crippen LogP contribution in [-0.2, 0) is 10.0 Å². The first kappa shape index (κ1) is 19.0. The fourth-order valence-electron chi connectivity index (χ4n) is 3.81. The smallest absolute Gasteiger partial charge is 0.318 e. The maximum Gasteiger partial charge on any atom is 0.318 e. The van der Waals surface area contributed by atoms with Crippen LogP contribution < -0.4 is 21.8 Å². The molecule has 2 aromatic rings. The van der Waals surface area contributed by atoms with Crippen molar-refractivity contribution in [3.63, 3.8) is 0 Å². The number of aromatic amines is 1. The van der Waals surface area contributed by atoms with Crippen molar-refractivity contribution in [3.8, 4) is 0 Å². The summed E-state index contributed by atoms with van der Waals surface area (Å²) in [5.74, 6) is 0.358. The molecule has 0 radical (unpaired) electrons. The SMILES string of the molecule is CS(=O)(=O)N1CCC(Nc2ncc3[nH]c(=O)c(=O)n(C4CCNC4)c3n2)CC1. The number of rotatable bonds is 4. The zero-order valence-corrected chi connectivity index (χ0v) is 16.3. The van der Waals surface area contributed by atoms with Crippen LogP contribution in [0.5, 0.6) is 0 Å². The fraction of sp³-hybridized carbons (Fsp3) is 0.625.